The van der Waals surface area contributed by atoms with Gasteiger partial charge < -0.3 is 0 Å². The van der Waals surface area contributed by atoms with E-state index in [2.05, 4.69) is 29.5 Å². The summed E-state index contributed by atoms with van der Waals surface area (Å²) in [6.07, 6.45) is 1.96. The number of aromatic nitrogens is 2. The molecule has 0 bridgehead atoms. The maximum Gasteiger partial charge on any atom is 0.281 e. The van der Waals surface area contributed by atoms with Crippen molar-refractivity contribution in [2.24, 2.45) is 11.0 Å². The molecular weight excluding hydrogens is 344 g/mol. The number of nitrogens with zero attached hydrogens (tertiary/aromatic N) is 3. The number of rotatable bonds is 6. The van der Waals surface area contributed by atoms with Crippen LogP contribution in [0.1, 0.15) is 49.0 Å². The minimum atomic E-state index is -0.172. The van der Waals surface area contributed by atoms with Gasteiger partial charge in [0.15, 0.2) is 0 Å². The van der Waals surface area contributed by atoms with E-state index in [1.807, 2.05) is 54.9 Å². The van der Waals surface area contributed by atoms with Gasteiger partial charge in [-0.2, -0.15) is 10.2 Å². The smallest absolute Gasteiger partial charge is 0.266 e. The van der Waals surface area contributed by atoms with E-state index in [1.165, 1.54) is 11.3 Å². The van der Waals surface area contributed by atoms with Gasteiger partial charge in [0.2, 0.25) is 0 Å². The van der Waals surface area contributed by atoms with E-state index >= 15 is 0 Å². The molecule has 0 aliphatic heterocycles. The number of hydrogen-bond acceptors (Lipinski definition) is 4. The number of aryl methyl sites for hydroxylation is 1. The molecule has 26 heavy (non-hydrogen) atoms. The first-order valence-electron chi connectivity index (χ1n) is 8.83. The second kappa shape index (κ2) is 7.83. The van der Waals surface area contributed by atoms with Crippen LogP contribution in [0, 0.1) is 12.8 Å². The highest BCUT2D eigenvalue weighted by Gasteiger charge is 2.17. The van der Waals surface area contributed by atoms with Crippen molar-refractivity contribution in [1.82, 2.24) is 15.2 Å². The zero-order valence-electron chi connectivity index (χ0n) is 15.6. The zero-order valence-corrected chi connectivity index (χ0v) is 16.4. The lowest BCUT2D eigenvalue weighted by atomic mass is 10.1. The lowest BCUT2D eigenvalue weighted by Gasteiger charge is -2.04. The molecule has 0 aliphatic rings. The normalized spacial score (nSPS) is 12.1. The van der Waals surface area contributed by atoms with Gasteiger partial charge in [-0.15, -0.1) is 11.3 Å². The van der Waals surface area contributed by atoms with Gasteiger partial charge in [-0.1, -0.05) is 32.0 Å². The molecule has 0 saturated heterocycles. The largest absolute Gasteiger partial charge is 0.281 e. The number of para-hydroxylation sites is 1. The summed E-state index contributed by atoms with van der Waals surface area (Å²) < 4.78 is 1.89. The molecule has 2 aromatic heterocycles. The molecule has 1 aromatic carbocycles. The van der Waals surface area contributed by atoms with Gasteiger partial charge in [0, 0.05) is 11.1 Å². The van der Waals surface area contributed by atoms with Crippen LogP contribution < -0.4 is 5.43 Å². The molecule has 2 heterocycles. The Kier molecular flexibility index (Phi) is 5.52. The summed E-state index contributed by atoms with van der Waals surface area (Å²) in [7, 11) is 0. The fraction of sp³-hybridized carbons (Fsp3) is 0.350. The monoisotopic (exact) mass is 368 g/mol. The number of hydrogen-bond donors (Lipinski definition) is 1. The highest BCUT2D eigenvalue weighted by atomic mass is 32.1. The predicted molar refractivity (Wildman–Crippen MR) is 108 cm³/mol. The summed E-state index contributed by atoms with van der Waals surface area (Å²) in [4.78, 5) is 14.1. The van der Waals surface area contributed by atoms with Crippen LogP contribution in [0.5, 0.6) is 0 Å². The predicted octanol–water partition coefficient (Wildman–Crippen LogP) is 4.94. The molecule has 1 amide bonds. The van der Waals surface area contributed by atoms with Crippen LogP contribution in [0.2, 0.25) is 0 Å². The minimum Gasteiger partial charge on any atom is -0.266 e. The van der Waals surface area contributed by atoms with Crippen LogP contribution in [-0.4, -0.2) is 21.4 Å². The first-order valence-corrected chi connectivity index (χ1v) is 9.65. The number of thiophene rings is 1. The average Bonchev–Trinajstić information content (AvgIpc) is 3.19. The number of carbonyl (C=O) groups is 1. The zero-order chi connectivity index (χ0) is 18.7. The van der Waals surface area contributed by atoms with Gasteiger partial charge in [-0.05, 0) is 50.8 Å². The van der Waals surface area contributed by atoms with Gasteiger partial charge in [-0.25, -0.2) is 10.1 Å². The Morgan fingerprint density at radius 3 is 2.73 bits per heavy atom. The fourth-order valence-electron chi connectivity index (χ4n) is 2.66. The average molecular weight is 369 g/mol. The highest BCUT2D eigenvalue weighted by Crippen LogP contribution is 2.30. The second-order valence-electron chi connectivity index (χ2n) is 6.88. The van der Waals surface area contributed by atoms with Gasteiger partial charge in [0.05, 0.1) is 16.3 Å². The number of carbonyl (C=O) groups excluding carboxylic acids is 1. The Morgan fingerprint density at radius 2 is 2.04 bits per heavy atom. The van der Waals surface area contributed by atoms with E-state index in [9.17, 15) is 4.79 Å². The summed E-state index contributed by atoms with van der Waals surface area (Å²) in [6, 6.07) is 11.9. The number of fused-ring (bicyclic) bond motifs is 1. The summed E-state index contributed by atoms with van der Waals surface area (Å²) in [6.45, 7) is 8.28. The van der Waals surface area contributed by atoms with Crippen LogP contribution in [0.15, 0.2) is 41.5 Å². The first-order chi connectivity index (χ1) is 12.5. The molecule has 3 rings (SSSR count). The van der Waals surface area contributed by atoms with E-state index < -0.39 is 0 Å². The molecular formula is C20H24N4OS. The maximum atomic E-state index is 12.5. The quantitative estimate of drug-likeness (QED) is 0.495. The SMILES string of the molecule is CC(CCC(C)C)=NNC(=O)c1cc2c(C)nn(-c3ccccc3)c2s1. The molecule has 0 atom stereocenters. The van der Waals surface area contributed by atoms with Gasteiger partial charge in [0.25, 0.3) is 5.91 Å². The van der Waals surface area contributed by atoms with Crippen molar-refractivity contribution in [3.63, 3.8) is 0 Å². The van der Waals surface area contributed by atoms with Gasteiger partial charge in [-0.3, -0.25) is 4.79 Å². The summed E-state index contributed by atoms with van der Waals surface area (Å²) in [5.41, 5.74) is 5.53. The Hall–Kier alpha value is -2.47. The van der Waals surface area contributed by atoms with E-state index in [1.54, 1.807) is 0 Å². The topological polar surface area (TPSA) is 59.3 Å². The van der Waals surface area contributed by atoms with Crippen LogP contribution in [0.25, 0.3) is 15.9 Å². The van der Waals surface area contributed by atoms with Gasteiger partial charge in [0.1, 0.15) is 4.83 Å². The Morgan fingerprint density at radius 1 is 1.31 bits per heavy atom. The summed E-state index contributed by atoms with van der Waals surface area (Å²) in [5.74, 6) is 0.455. The minimum absolute atomic E-state index is 0.172. The summed E-state index contributed by atoms with van der Waals surface area (Å²) >= 11 is 1.44. The molecule has 0 saturated carbocycles. The first kappa shape index (κ1) is 18.3. The Labute approximate surface area is 157 Å². The third-order valence-corrected chi connectivity index (χ3v) is 5.31. The molecule has 6 heteroatoms. The van der Waals surface area contributed by atoms with E-state index in [4.69, 9.17) is 0 Å². The van der Waals surface area contributed by atoms with Crippen molar-refractivity contribution in [1.29, 1.82) is 0 Å². The number of nitrogens with one attached hydrogen (secondary N) is 1. The molecule has 0 radical (unpaired) electrons. The molecule has 136 valence electrons. The molecule has 5 nitrogen and oxygen atoms in total. The molecule has 0 aliphatic carbocycles. The van der Waals surface area contributed by atoms with Crippen molar-refractivity contribution in [2.45, 2.75) is 40.5 Å². The van der Waals surface area contributed by atoms with Crippen molar-refractivity contribution >= 4 is 33.2 Å². The second-order valence-corrected chi connectivity index (χ2v) is 7.91. The molecule has 1 N–H and O–H groups in total. The van der Waals surface area contributed by atoms with E-state index in [0.29, 0.717) is 10.8 Å². The van der Waals surface area contributed by atoms with Crippen molar-refractivity contribution in [2.75, 3.05) is 0 Å². The highest BCUT2D eigenvalue weighted by molar-refractivity contribution is 7.20. The standard InChI is InChI=1S/C20H24N4OS/c1-13(2)10-11-14(3)21-22-19(25)18-12-17-15(4)23-24(20(17)26-18)16-8-6-5-7-9-16/h5-9,12-13H,10-11H2,1-4H3,(H,22,25). The van der Waals surface area contributed by atoms with Crippen LogP contribution in [0.3, 0.4) is 0 Å². The van der Waals surface area contributed by atoms with E-state index in [0.717, 1.165) is 40.2 Å². The van der Waals surface area contributed by atoms with Crippen LogP contribution in [-0.2, 0) is 0 Å². The van der Waals surface area contributed by atoms with Crippen LogP contribution >= 0.6 is 11.3 Å². The third kappa shape index (κ3) is 4.02. The Balaban J connectivity index is 1.81. The van der Waals surface area contributed by atoms with Crippen LogP contribution in [0.4, 0.5) is 0 Å². The van der Waals surface area contributed by atoms with E-state index in [-0.39, 0.29) is 5.91 Å². The van der Waals surface area contributed by atoms with Crippen molar-refractivity contribution in [3.8, 4) is 5.69 Å². The molecule has 0 fully saturated rings. The number of amides is 1. The lowest BCUT2D eigenvalue weighted by Crippen LogP contribution is -2.18. The third-order valence-electron chi connectivity index (χ3n) is 4.20. The van der Waals surface area contributed by atoms with Crippen molar-refractivity contribution < 1.29 is 4.79 Å². The fourth-order valence-corrected chi connectivity index (χ4v) is 3.73. The molecule has 3 aromatic rings. The number of hydrazone groups is 1. The molecule has 0 spiro atoms. The van der Waals surface area contributed by atoms with Gasteiger partial charge >= 0.3 is 0 Å². The lowest BCUT2D eigenvalue weighted by molar-refractivity contribution is 0.0959. The Bertz CT molecular complexity index is 938. The maximum absolute atomic E-state index is 12.5. The van der Waals surface area contributed by atoms with Crippen molar-refractivity contribution in [3.05, 3.63) is 47.0 Å². The summed E-state index contributed by atoms with van der Waals surface area (Å²) in [5, 5.41) is 9.84. The number of benzene rings is 1. The molecule has 0 unspecified atom stereocenters.